The van der Waals surface area contributed by atoms with E-state index < -0.39 is 0 Å². The van der Waals surface area contributed by atoms with E-state index in [1.54, 1.807) is 24.1 Å². The van der Waals surface area contributed by atoms with E-state index in [4.69, 9.17) is 4.74 Å². The maximum absolute atomic E-state index is 12.7. The van der Waals surface area contributed by atoms with Gasteiger partial charge in [0.15, 0.2) is 0 Å². The fourth-order valence-electron chi connectivity index (χ4n) is 3.46. The van der Waals surface area contributed by atoms with Gasteiger partial charge in [0, 0.05) is 45.5 Å². The molecule has 0 saturated carbocycles. The number of piperazine rings is 1. The quantitative estimate of drug-likeness (QED) is 0.814. The van der Waals surface area contributed by atoms with Crippen molar-refractivity contribution < 1.29 is 14.3 Å². The van der Waals surface area contributed by atoms with Crippen LogP contribution in [0.2, 0.25) is 0 Å². The first-order valence-electron chi connectivity index (χ1n) is 9.37. The summed E-state index contributed by atoms with van der Waals surface area (Å²) in [6, 6.07) is 1.68. The first-order chi connectivity index (χ1) is 12.6. The second-order valence-corrected chi connectivity index (χ2v) is 6.91. The number of ether oxygens (including phenoxy) is 1. The maximum atomic E-state index is 12.7. The van der Waals surface area contributed by atoms with Crippen molar-refractivity contribution in [3.05, 3.63) is 18.0 Å². The Hall–Kier alpha value is -2.38. The highest BCUT2D eigenvalue weighted by Crippen LogP contribution is 2.18. The molecule has 0 aliphatic carbocycles. The van der Waals surface area contributed by atoms with Gasteiger partial charge >= 0.3 is 6.09 Å². The van der Waals surface area contributed by atoms with E-state index in [1.807, 2.05) is 9.80 Å². The molecule has 1 atom stereocenters. The molecule has 2 saturated heterocycles. The largest absolute Gasteiger partial charge is 0.450 e. The van der Waals surface area contributed by atoms with E-state index in [-0.39, 0.29) is 12.0 Å². The molecule has 26 heavy (non-hydrogen) atoms. The van der Waals surface area contributed by atoms with Crippen LogP contribution in [0.25, 0.3) is 0 Å². The summed E-state index contributed by atoms with van der Waals surface area (Å²) in [4.78, 5) is 38.9. The minimum Gasteiger partial charge on any atom is -0.450 e. The number of carbonyl (C=O) groups excluding carboxylic acids is 2. The number of amides is 2. The molecule has 0 spiro atoms. The Kier molecular flexibility index (Phi) is 5.90. The van der Waals surface area contributed by atoms with E-state index in [1.165, 1.54) is 6.42 Å². The van der Waals surface area contributed by atoms with Crippen LogP contribution >= 0.6 is 0 Å². The van der Waals surface area contributed by atoms with Crippen molar-refractivity contribution in [3.63, 3.8) is 0 Å². The third kappa shape index (κ3) is 4.23. The highest BCUT2D eigenvalue weighted by Gasteiger charge is 2.26. The molecule has 1 aromatic rings. The average Bonchev–Trinajstić information content (AvgIpc) is 2.68. The molecule has 3 rings (SSSR count). The molecular formula is C18H27N5O3. The van der Waals surface area contributed by atoms with Gasteiger partial charge in [-0.05, 0) is 31.7 Å². The van der Waals surface area contributed by atoms with Crippen molar-refractivity contribution in [1.29, 1.82) is 0 Å². The van der Waals surface area contributed by atoms with Gasteiger partial charge in [-0.2, -0.15) is 0 Å². The molecule has 0 N–H and O–H groups in total. The topological polar surface area (TPSA) is 78.9 Å². The zero-order valence-corrected chi connectivity index (χ0v) is 15.6. The molecule has 2 aliphatic rings. The van der Waals surface area contributed by atoms with Gasteiger partial charge in [0.2, 0.25) is 5.95 Å². The van der Waals surface area contributed by atoms with Gasteiger partial charge < -0.3 is 19.4 Å². The maximum Gasteiger partial charge on any atom is 0.409 e. The third-order valence-electron chi connectivity index (χ3n) is 4.89. The van der Waals surface area contributed by atoms with E-state index >= 15 is 0 Å². The fourth-order valence-corrected chi connectivity index (χ4v) is 3.46. The van der Waals surface area contributed by atoms with E-state index in [0.717, 1.165) is 19.5 Å². The molecule has 0 bridgehead atoms. The van der Waals surface area contributed by atoms with Crippen molar-refractivity contribution in [2.75, 3.05) is 50.8 Å². The van der Waals surface area contributed by atoms with E-state index in [0.29, 0.717) is 50.3 Å². The van der Waals surface area contributed by atoms with Crippen molar-refractivity contribution in [2.45, 2.75) is 26.7 Å². The lowest BCUT2D eigenvalue weighted by molar-refractivity contribution is 0.0677. The number of anilines is 1. The van der Waals surface area contributed by atoms with Gasteiger partial charge in [-0.25, -0.2) is 14.8 Å². The first kappa shape index (κ1) is 18.4. The molecule has 2 fully saturated rings. The van der Waals surface area contributed by atoms with Crippen LogP contribution in [0.15, 0.2) is 12.3 Å². The zero-order chi connectivity index (χ0) is 18.5. The lowest BCUT2D eigenvalue weighted by Crippen LogP contribution is -2.49. The molecule has 8 heteroatoms. The minimum atomic E-state index is -0.281. The molecule has 1 unspecified atom stereocenters. The highest BCUT2D eigenvalue weighted by molar-refractivity contribution is 5.92. The summed E-state index contributed by atoms with van der Waals surface area (Å²) >= 11 is 0. The van der Waals surface area contributed by atoms with Gasteiger partial charge in [0.05, 0.1) is 6.61 Å². The predicted octanol–water partition coefficient (Wildman–Crippen LogP) is 1.63. The van der Waals surface area contributed by atoms with Crippen molar-refractivity contribution in [2.24, 2.45) is 5.92 Å². The van der Waals surface area contributed by atoms with Gasteiger partial charge in [0.25, 0.3) is 5.91 Å². The Morgan fingerprint density at radius 1 is 1.19 bits per heavy atom. The molecule has 2 amide bonds. The second kappa shape index (κ2) is 8.33. The number of carbonyl (C=O) groups is 2. The fraction of sp³-hybridized carbons (Fsp3) is 0.667. The van der Waals surface area contributed by atoms with E-state index in [2.05, 4.69) is 16.9 Å². The first-order valence-corrected chi connectivity index (χ1v) is 9.37. The highest BCUT2D eigenvalue weighted by atomic mass is 16.6. The van der Waals surface area contributed by atoms with Crippen LogP contribution in [0.1, 0.15) is 37.2 Å². The standard InChI is InChI=1S/C18H27N5O3/c1-3-26-18(25)22-11-9-21(10-12-22)17-19-7-6-15(20-17)16(24)23-8-4-5-14(2)13-23/h6-7,14H,3-5,8-13H2,1-2H3. The Labute approximate surface area is 154 Å². The molecule has 142 valence electrons. The number of piperidine rings is 1. The Bertz CT molecular complexity index is 645. The summed E-state index contributed by atoms with van der Waals surface area (Å²) in [6.07, 6.45) is 3.57. The zero-order valence-electron chi connectivity index (χ0n) is 15.6. The van der Waals surface area contributed by atoms with E-state index in [9.17, 15) is 9.59 Å². The van der Waals surface area contributed by atoms with Crippen molar-refractivity contribution >= 4 is 17.9 Å². The van der Waals surface area contributed by atoms with Gasteiger partial charge in [0.1, 0.15) is 5.69 Å². The van der Waals surface area contributed by atoms with Crippen LogP contribution in [0.3, 0.4) is 0 Å². The molecule has 0 aromatic carbocycles. The normalized spacial score (nSPS) is 20.8. The molecule has 8 nitrogen and oxygen atoms in total. The molecule has 3 heterocycles. The Balaban J connectivity index is 1.63. The van der Waals surface area contributed by atoms with Gasteiger partial charge in [-0.1, -0.05) is 6.92 Å². The van der Waals surface area contributed by atoms with Gasteiger partial charge in [-0.15, -0.1) is 0 Å². The number of aromatic nitrogens is 2. The summed E-state index contributed by atoms with van der Waals surface area (Å²) in [5.74, 6) is 1.06. The van der Waals surface area contributed by atoms with Crippen LogP contribution in [-0.4, -0.2) is 77.6 Å². The van der Waals surface area contributed by atoms with Gasteiger partial charge in [-0.3, -0.25) is 4.79 Å². The lowest BCUT2D eigenvalue weighted by Gasteiger charge is -2.34. The monoisotopic (exact) mass is 361 g/mol. The number of nitrogens with zero attached hydrogens (tertiary/aromatic N) is 5. The summed E-state index contributed by atoms with van der Waals surface area (Å²) in [5, 5.41) is 0. The SMILES string of the molecule is CCOC(=O)N1CCN(c2nccc(C(=O)N3CCCC(C)C3)n2)CC1. The number of hydrogen-bond donors (Lipinski definition) is 0. The number of hydrogen-bond acceptors (Lipinski definition) is 6. The Morgan fingerprint density at radius 2 is 1.96 bits per heavy atom. The number of likely N-dealkylation sites (tertiary alicyclic amines) is 1. The minimum absolute atomic E-state index is 0.0228. The summed E-state index contributed by atoms with van der Waals surface area (Å²) < 4.78 is 5.04. The summed E-state index contributed by atoms with van der Waals surface area (Å²) in [6.45, 7) is 8.29. The van der Waals surface area contributed by atoms with Crippen LogP contribution in [0.4, 0.5) is 10.7 Å². The lowest BCUT2D eigenvalue weighted by atomic mass is 10.00. The van der Waals surface area contributed by atoms with Crippen LogP contribution < -0.4 is 4.90 Å². The third-order valence-corrected chi connectivity index (χ3v) is 4.89. The second-order valence-electron chi connectivity index (χ2n) is 6.91. The molecule has 2 aliphatic heterocycles. The summed E-state index contributed by atoms with van der Waals surface area (Å²) in [5.41, 5.74) is 0.442. The molecular weight excluding hydrogens is 334 g/mol. The number of rotatable bonds is 3. The van der Waals surface area contributed by atoms with Crippen LogP contribution in [0.5, 0.6) is 0 Å². The summed E-state index contributed by atoms with van der Waals surface area (Å²) in [7, 11) is 0. The predicted molar refractivity (Wildman–Crippen MR) is 97.1 cm³/mol. The van der Waals surface area contributed by atoms with Crippen molar-refractivity contribution in [1.82, 2.24) is 19.8 Å². The molecule has 0 radical (unpaired) electrons. The van der Waals surface area contributed by atoms with Crippen molar-refractivity contribution in [3.8, 4) is 0 Å². The Morgan fingerprint density at radius 3 is 2.65 bits per heavy atom. The van der Waals surface area contributed by atoms with Crippen LogP contribution in [0, 0.1) is 5.92 Å². The average molecular weight is 361 g/mol. The smallest absolute Gasteiger partial charge is 0.409 e. The molecule has 1 aromatic heterocycles. The van der Waals surface area contributed by atoms with Crippen LogP contribution in [-0.2, 0) is 4.74 Å².